The predicted molar refractivity (Wildman–Crippen MR) is 56.4 cm³/mol. The van der Waals surface area contributed by atoms with Gasteiger partial charge in [0.2, 0.25) is 0 Å². The van der Waals surface area contributed by atoms with Crippen LogP contribution in [0, 0.1) is 0 Å². The van der Waals surface area contributed by atoms with Crippen LogP contribution in [0.4, 0.5) is 0 Å². The average molecular weight is 285 g/mol. The molecule has 12 heavy (non-hydrogen) atoms. The number of halogens is 1. The molecule has 0 aliphatic carbocycles. The van der Waals surface area contributed by atoms with Crippen LogP contribution in [-0.4, -0.2) is 32.4 Å². The lowest BCUT2D eigenvalue weighted by molar-refractivity contribution is 0.110. The molecule has 3 nitrogen and oxygen atoms in total. The molecule has 1 atom stereocenters. The third kappa shape index (κ3) is 4.59. The van der Waals surface area contributed by atoms with Crippen LogP contribution >= 0.6 is 23.0 Å². The molecule has 0 aromatic heterocycles. The van der Waals surface area contributed by atoms with Gasteiger partial charge >= 0.3 is 0 Å². The quantitative estimate of drug-likeness (QED) is 0.593. The summed E-state index contributed by atoms with van der Waals surface area (Å²) in [6.45, 7) is 3.81. The second-order valence-corrected chi connectivity index (χ2v) is 3.63. The van der Waals surface area contributed by atoms with Gasteiger partial charge in [-0.1, -0.05) is 0 Å². The first kappa shape index (κ1) is 10.7. The molecule has 1 fully saturated rings. The van der Waals surface area contributed by atoms with Gasteiger partial charge < -0.3 is 13.1 Å². The highest BCUT2D eigenvalue weighted by Crippen LogP contribution is 2.10. The van der Waals surface area contributed by atoms with Crippen molar-refractivity contribution in [1.29, 1.82) is 0 Å². The number of hydrogen-bond donors (Lipinski definition) is 1. The van der Waals surface area contributed by atoms with Crippen molar-refractivity contribution in [2.45, 2.75) is 25.4 Å². The lowest BCUT2D eigenvalue weighted by Crippen LogP contribution is -2.27. The van der Waals surface area contributed by atoms with Crippen LogP contribution in [0.2, 0.25) is 0 Å². The Morgan fingerprint density at radius 2 is 2.50 bits per heavy atom. The van der Waals surface area contributed by atoms with Crippen molar-refractivity contribution in [3.05, 3.63) is 0 Å². The standard InChI is InChI=1S/C8H16INO2/c9-12-6-2-4-10-7-8-3-1-5-11-8/h8,10H,1-7H2. The Morgan fingerprint density at radius 3 is 3.17 bits per heavy atom. The van der Waals surface area contributed by atoms with Crippen LogP contribution in [0.3, 0.4) is 0 Å². The summed E-state index contributed by atoms with van der Waals surface area (Å²) in [7, 11) is 0. The fraction of sp³-hybridized carbons (Fsp3) is 1.00. The van der Waals surface area contributed by atoms with E-state index in [0.717, 1.165) is 32.7 Å². The zero-order chi connectivity index (χ0) is 8.65. The molecule has 1 saturated heterocycles. The van der Waals surface area contributed by atoms with Gasteiger partial charge in [-0.15, -0.1) is 0 Å². The summed E-state index contributed by atoms with van der Waals surface area (Å²) < 4.78 is 10.4. The molecular weight excluding hydrogens is 269 g/mol. The molecule has 1 heterocycles. The zero-order valence-corrected chi connectivity index (χ0v) is 9.38. The van der Waals surface area contributed by atoms with Crippen molar-refractivity contribution in [1.82, 2.24) is 5.32 Å². The fourth-order valence-corrected chi connectivity index (χ4v) is 1.63. The monoisotopic (exact) mass is 285 g/mol. The van der Waals surface area contributed by atoms with Crippen LogP contribution in [0.15, 0.2) is 0 Å². The number of hydrogen-bond acceptors (Lipinski definition) is 3. The van der Waals surface area contributed by atoms with Crippen LogP contribution in [0.25, 0.3) is 0 Å². The zero-order valence-electron chi connectivity index (χ0n) is 7.22. The van der Waals surface area contributed by atoms with E-state index in [1.165, 1.54) is 12.8 Å². The van der Waals surface area contributed by atoms with Gasteiger partial charge in [-0.2, -0.15) is 0 Å². The molecule has 0 aromatic rings. The molecular formula is C8H16INO2. The summed E-state index contributed by atoms with van der Waals surface area (Å²) in [5, 5.41) is 3.35. The first-order valence-corrected chi connectivity index (χ1v) is 5.37. The van der Waals surface area contributed by atoms with Crippen LogP contribution in [0.5, 0.6) is 0 Å². The van der Waals surface area contributed by atoms with E-state index in [-0.39, 0.29) is 0 Å². The molecule has 1 unspecified atom stereocenters. The first-order valence-electron chi connectivity index (χ1n) is 4.49. The maximum atomic E-state index is 5.46. The van der Waals surface area contributed by atoms with Crippen LogP contribution < -0.4 is 5.32 Å². The fourth-order valence-electron chi connectivity index (χ4n) is 1.32. The van der Waals surface area contributed by atoms with Crippen molar-refractivity contribution in [3.8, 4) is 0 Å². The Hall–Kier alpha value is 0.610. The van der Waals surface area contributed by atoms with Crippen molar-refractivity contribution < 1.29 is 7.80 Å². The van der Waals surface area contributed by atoms with E-state index < -0.39 is 0 Å². The van der Waals surface area contributed by atoms with Gasteiger partial charge in [0.05, 0.1) is 12.7 Å². The molecule has 1 aliphatic rings. The van der Waals surface area contributed by atoms with E-state index in [1.54, 1.807) is 0 Å². The van der Waals surface area contributed by atoms with E-state index in [1.807, 2.05) is 23.0 Å². The number of ether oxygens (including phenoxy) is 1. The Balaban J connectivity index is 1.81. The molecule has 0 radical (unpaired) electrons. The predicted octanol–water partition coefficient (Wildman–Crippen LogP) is 1.51. The largest absolute Gasteiger partial charge is 0.377 e. The third-order valence-corrected chi connectivity index (χ3v) is 2.41. The van der Waals surface area contributed by atoms with Gasteiger partial charge in [-0.3, -0.25) is 0 Å². The van der Waals surface area contributed by atoms with Crippen molar-refractivity contribution in [3.63, 3.8) is 0 Å². The van der Waals surface area contributed by atoms with Gasteiger partial charge in [0.15, 0.2) is 0 Å². The SMILES string of the molecule is IOCCCNCC1CCCO1. The Morgan fingerprint density at radius 1 is 1.58 bits per heavy atom. The normalized spacial score (nSPS) is 23.2. The van der Waals surface area contributed by atoms with E-state index >= 15 is 0 Å². The lowest BCUT2D eigenvalue weighted by atomic mass is 10.2. The van der Waals surface area contributed by atoms with E-state index in [4.69, 9.17) is 7.80 Å². The summed E-state index contributed by atoms with van der Waals surface area (Å²) >= 11 is 1.92. The molecule has 0 amide bonds. The topological polar surface area (TPSA) is 30.5 Å². The Labute approximate surface area is 87.9 Å². The molecule has 4 heteroatoms. The maximum Gasteiger partial charge on any atom is 0.109 e. The van der Waals surface area contributed by atoms with Crippen molar-refractivity contribution >= 4 is 23.0 Å². The van der Waals surface area contributed by atoms with E-state index in [9.17, 15) is 0 Å². The summed E-state index contributed by atoms with van der Waals surface area (Å²) in [6.07, 6.45) is 3.99. The van der Waals surface area contributed by atoms with Crippen molar-refractivity contribution in [2.24, 2.45) is 0 Å². The third-order valence-electron chi connectivity index (χ3n) is 1.97. The second kappa shape index (κ2) is 7.06. The lowest BCUT2D eigenvalue weighted by Gasteiger charge is -2.09. The van der Waals surface area contributed by atoms with Gasteiger partial charge in [-0.05, 0) is 25.8 Å². The molecule has 1 N–H and O–H groups in total. The first-order chi connectivity index (χ1) is 5.93. The van der Waals surface area contributed by atoms with Crippen LogP contribution in [0.1, 0.15) is 19.3 Å². The van der Waals surface area contributed by atoms with Crippen molar-refractivity contribution in [2.75, 3.05) is 26.3 Å². The molecule has 0 aromatic carbocycles. The number of nitrogens with one attached hydrogen (secondary N) is 1. The Kier molecular flexibility index (Phi) is 6.29. The molecule has 1 rings (SSSR count). The molecule has 1 aliphatic heterocycles. The molecule has 0 saturated carbocycles. The minimum absolute atomic E-state index is 0.463. The van der Waals surface area contributed by atoms with Crippen LogP contribution in [-0.2, 0) is 7.80 Å². The Bertz CT molecular complexity index is 107. The highest BCUT2D eigenvalue weighted by atomic mass is 127. The smallest absolute Gasteiger partial charge is 0.109 e. The second-order valence-electron chi connectivity index (χ2n) is 3.01. The minimum Gasteiger partial charge on any atom is -0.377 e. The van der Waals surface area contributed by atoms with Gasteiger partial charge in [-0.25, -0.2) is 0 Å². The molecule has 0 spiro atoms. The number of rotatable bonds is 6. The summed E-state index contributed by atoms with van der Waals surface area (Å²) in [4.78, 5) is 0. The molecule has 72 valence electrons. The van der Waals surface area contributed by atoms with E-state index in [0.29, 0.717) is 6.10 Å². The summed E-state index contributed by atoms with van der Waals surface area (Å²) in [5.41, 5.74) is 0. The summed E-state index contributed by atoms with van der Waals surface area (Å²) in [6, 6.07) is 0. The van der Waals surface area contributed by atoms with Gasteiger partial charge in [0.1, 0.15) is 23.0 Å². The highest BCUT2D eigenvalue weighted by molar-refractivity contribution is 14.1. The summed E-state index contributed by atoms with van der Waals surface area (Å²) in [5.74, 6) is 0. The van der Waals surface area contributed by atoms with Gasteiger partial charge in [0, 0.05) is 13.2 Å². The van der Waals surface area contributed by atoms with Gasteiger partial charge in [0.25, 0.3) is 0 Å². The average Bonchev–Trinajstić information content (AvgIpc) is 2.57. The maximum absolute atomic E-state index is 5.46. The minimum atomic E-state index is 0.463. The molecule has 0 bridgehead atoms. The van der Waals surface area contributed by atoms with E-state index in [2.05, 4.69) is 5.32 Å². The highest BCUT2D eigenvalue weighted by Gasteiger charge is 2.13.